The molecule has 2 aromatic rings. The van der Waals surface area contributed by atoms with E-state index in [-0.39, 0.29) is 29.3 Å². The Morgan fingerprint density at radius 2 is 1.77 bits per heavy atom. The van der Waals surface area contributed by atoms with E-state index in [9.17, 15) is 9.18 Å². The number of hydrogen-bond acceptors (Lipinski definition) is 3. The van der Waals surface area contributed by atoms with Crippen LogP contribution in [-0.2, 0) is 11.3 Å². The molecule has 1 atom stereocenters. The van der Waals surface area contributed by atoms with Gasteiger partial charge >= 0.3 is 0 Å². The first-order valence-corrected chi connectivity index (χ1v) is 11.6. The molecule has 1 fully saturated rings. The number of nitrogens with zero attached hydrogens (tertiary/aromatic N) is 1. The molecule has 0 aromatic heterocycles. The van der Waals surface area contributed by atoms with Crippen LogP contribution in [0.3, 0.4) is 0 Å². The lowest BCUT2D eigenvalue weighted by Gasteiger charge is -2.42. The number of rotatable bonds is 6. The van der Waals surface area contributed by atoms with Crippen molar-refractivity contribution in [2.24, 2.45) is 5.92 Å². The standard InChI is InChI=1S/C26H33FN2O2/c1-3-26(4-2)17-23(22-7-5-6-8-24(22)31-26)28-25(30)20-13-15-29(16-14-20)18-19-9-11-21(27)12-10-19/h5-12,20,23H,3-4,13-18H2,1-2H3,(H,28,30). The molecule has 4 nitrogen and oxygen atoms in total. The topological polar surface area (TPSA) is 41.6 Å². The van der Waals surface area contributed by atoms with E-state index in [1.165, 1.54) is 12.1 Å². The number of carbonyl (C=O) groups is 1. The van der Waals surface area contributed by atoms with Gasteiger partial charge in [-0.25, -0.2) is 4.39 Å². The summed E-state index contributed by atoms with van der Waals surface area (Å²) in [7, 11) is 0. The van der Waals surface area contributed by atoms with E-state index >= 15 is 0 Å². The summed E-state index contributed by atoms with van der Waals surface area (Å²) in [6.07, 6.45) is 4.36. The summed E-state index contributed by atoms with van der Waals surface area (Å²) in [5.74, 6) is 0.891. The minimum atomic E-state index is -0.217. The summed E-state index contributed by atoms with van der Waals surface area (Å²) in [6.45, 7) is 6.89. The van der Waals surface area contributed by atoms with Crippen molar-refractivity contribution in [3.63, 3.8) is 0 Å². The lowest BCUT2D eigenvalue weighted by atomic mass is 9.83. The van der Waals surface area contributed by atoms with Crippen molar-refractivity contribution in [2.75, 3.05) is 13.1 Å². The third kappa shape index (κ3) is 4.93. The smallest absolute Gasteiger partial charge is 0.223 e. The number of piperidine rings is 1. The van der Waals surface area contributed by atoms with Gasteiger partial charge in [0.1, 0.15) is 17.2 Å². The van der Waals surface area contributed by atoms with E-state index in [1.807, 2.05) is 30.3 Å². The van der Waals surface area contributed by atoms with Crippen molar-refractivity contribution in [1.29, 1.82) is 0 Å². The van der Waals surface area contributed by atoms with Gasteiger partial charge in [-0.2, -0.15) is 0 Å². The van der Waals surface area contributed by atoms with Crippen LogP contribution in [0.5, 0.6) is 5.75 Å². The summed E-state index contributed by atoms with van der Waals surface area (Å²) in [6, 6.07) is 14.8. The number of hydrogen-bond donors (Lipinski definition) is 1. The second kappa shape index (κ2) is 9.39. The summed E-state index contributed by atoms with van der Waals surface area (Å²) >= 11 is 0. The maximum absolute atomic E-state index is 13.2. The minimum Gasteiger partial charge on any atom is -0.487 e. The highest BCUT2D eigenvalue weighted by Gasteiger charge is 2.39. The van der Waals surface area contributed by atoms with Gasteiger partial charge in [-0.15, -0.1) is 0 Å². The molecular weight excluding hydrogens is 391 g/mol. The molecular formula is C26H33FN2O2. The molecule has 4 rings (SSSR count). The predicted molar refractivity (Wildman–Crippen MR) is 120 cm³/mol. The first-order chi connectivity index (χ1) is 15.0. The molecule has 0 spiro atoms. The quantitative estimate of drug-likeness (QED) is 0.690. The molecule has 31 heavy (non-hydrogen) atoms. The Labute approximate surface area is 184 Å². The number of nitrogens with one attached hydrogen (secondary N) is 1. The maximum atomic E-state index is 13.2. The Bertz CT molecular complexity index is 887. The van der Waals surface area contributed by atoms with Crippen molar-refractivity contribution >= 4 is 5.91 Å². The number of para-hydroxylation sites is 1. The summed E-state index contributed by atoms with van der Waals surface area (Å²) in [5, 5.41) is 3.36. The van der Waals surface area contributed by atoms with Crippen molar-refractivity contribution in [2.45, 2.75) is 64.1 Å². The van der Waals surface area contributed by atoms with Gasteiger partial charge in [0.2, 0.25) is 5.91 Å². The molecule has 2 aromatic carbocycles. The van der Waals surface area contributed by atoms with Crippen LogP contribution in [0.2, 0.25) is 0 Å². The zero-order valence-corrected chi connectivity index (χ0v) is 18.6. The SMILES string of the molecule is CCC1(CC)CC(NC(=O)C2CCN(Cc3ccc(F)cc3)CC2)c2ccccc2O1. The molecule has 5 heteroatoms. The first kappa shape index (κ1) is 21.8. The third-order valence-corrected chi connectivity index (χ3v) is 7.08. The predicted octanol–water partition coefficient (Wildman–Crippen LogP) is 5.24. The molecule has 1 unspecified atom stereocenters. The van der Waals surface area contributed by atoms with Gasteiger partial charge in [-0.05, 0) is 62.5 Å². The average Bonchev–Trinajstić information content (AvgIpc) is 2.81. The van der Waals surface area contributed by atoms with Crippen molar-refractivity contribution in [3.8, 4) is 5.75 Å². The molecule has 2 aliphatic heterocycles. The molecule has 1 N–H and O–H groups in total. The Balaban J connectivity index is 1.36. The van der Waals surface area contributed by atoms with Crippen LogP contribution in [0.4, 0.5) is 4.39 Å². The van der Waals surface area contributed by atoms with Crippen LogP contribution >= 0.6 is 0 Å². The van der Waals surface area contributed by atoms with Crippen LogP contribution in [0.15, 0.2) is 48.5 Å². The van der Waals surface area contributed by atoms with Gasteiger partial charge in [0.15, 0.2) is 0 Å². The maximum Gasteiger partial charge on any atom is 0.223 e. The van der Waals surface area contributed by atoms with Crippen LogP contribution in [0.1, 0.15) is 63.1 Å². The van der Waals surface area contributed by atoms with E-state index in [4.69, 9.17) is 4.74 Å². The van der Waals surface area contributed by atoms with Crippen molar-refractivity contribution in [3.05, 3.63) is 65.5 Å². The molecule has 1 amide bonds. The molecule has 0 saturated carbocycles. The van der Waals surface area contributed by atoms with Gasteiger partial charge in [-0.3, -0.25) is 9.69 Å². The number of carbonyl (C=O) groups excluding carboxylic acids is 1. The largest absolute Gasteiger partial charge is 0.487 e. The van der Waals surface area contributed by atoms with Gasteiger partial charge in [0.05, 0.1) is 6.04 Å². The minimum absolute atomic E-state index is 0.00500. The van der Waals surface area contributed by atoms with Crippen molar-refractivity contribution in [1.82, 2.24) is 10.2 Å². The monoisotopic (exact) mass is 424 g/mol. The summed E-state index contributed by atoms with van der Waals surface area (Å²) in [5.41, 5.74) is 1.98. The van der Waals surface area contributed by atoms with Crippen LogP contribution in [0, 0.1) is 11.7 Å². The number of amides is 1. The number of benzene rings is 2. The molecule has 166 valence electrons. The second-order valence-electron chi connectivity index (χ2n) is 8.97. The van der Waals surface area contributed by atoms with E-state index in [2.05, 4.69) is 30.1 Å². The number of fused-ring (bicyclic) bond motifs is 1. The summed E-state index contributed by atoms with van der Waals surface area (Å²) < 4.78 is 19.5. The highest BCUT2D eigenvalue weighted by atomic mass is 19.1. The number of halogens is 1. The molecule has 0 aliphatic carbocycles. The van der Waals surface area contributed by atoms with Gasteiger partial charge in [-0.1, -0.05) is 44.2 Å². The number of ether oxygens (including phenoxy) is 1. The zero-order chi connectivity index (χ0) is 21.8. The van der Waals surface area contributed by atoms with Crippen LogP contribution < -0.4 is 10.1 Å². The van der Waals surface area contributed by atoms with E-state index in [0.29, 0.717) is 0 Å². The lowest BCUT2D eigenvalue weighted by molar-refractivity contribution is -0.128. The zero-order valence-electron chi connectivity index (χ0n) is 18.6. The van der Waals surface area contributed by atoms with E-state index in [1.54, 1.807) is 0 Å². The molecule has 2 aliphatic rings. The fraction of sp³-hybridized carbons (Fsp3) is 0.500. The van der Waals surface area contributed by atoms with E-state index in [0.717, 1.165) is 68.6 Å². The Morgan fingerprint density at radius 3 is 2.45 bits per heavy atom. The highest BCUT2D eigenvalue weighted by Crippen LogP contribution is 2.42. The van der Waals surface area contributed by atoms with Crippen molar-refractivity contribution < 1.29 is 13.9 Å². The second-order valence-corrected chi connectivity index (χ2v) is 8.97. The third-order valence-electron chi connectivity index (χ3n) is 7.08. The van der Waals surface area contributed by atoms with Gasteiger partial charge in [0, 0.05) is 24.4 Å². The summed E-state index contributed by atoms with van der Waals surface area (Å²) in [4.78, 5) is 15.5. The number of likely N-dealkylation sites (tertiary alicyclic amines) is 1. The normalized spacial score (nSPS) is 21.2. The van der Waals surface area contributed by atoms with Crippen LogP contribution in [0.25, 0.3) is 0 Å². The average molecular weight is 425 g/mol. The molecule has 2 heterocycles. The molecule has 0 bridgehead atoms. The molecule has 1 saturated heterocycles. The fourth-order valence-electron chi connectivity index (χ4n) is 4.92. The molecule has 0 radical (unpaired) electrons. The van der Waals surface area contributed by atoms with Crippen LogP contribution in [-0.4, -0.2) is 29.5 Å². The van der Waals surface area contributed by atoms with E-state index < -0.39 is 0 Å². The Kier molecular flexibility index (Phi) is 6.61. The fourth-order valence-corrected chi connectivity index (χ4v) is 4.92. The van der Waals surface area contributed by atoms with Gasteiger partial charge < -0.3 is 10.1 Å². The first-order valence-electron chi connectivity index (χ1n) is 11.6. The highest BCUT2D eigenvalue weighted by molar-refractivity contribution is 5.79. The Morgan fingerprint density at radius 1 is 1.10 bits per heavy atom. The Hall–Kier alpha value is -2.40. The lowest BCUT2D eigenvalue weighted by Crippen LogP contribution is -2.47. The van der Waals surface area contributed by atoms with Gasteiger partial charge in [0.25, 0.3) is 0 Å².